The molecule has 0 saturated heterocycles. The number of aliphatic hydroxyl groups is 1. The van der Waals surface area contributed by atoms with Crippen LogP contribution in [0.3, 0.4) is 0 Å². The lowest BCUT2D eigenvalue weighted by molar-refractivity contribution is 0.116. The van der Waals surface area contributed by atoms with Crippen LogP contribution in [0.15, 0.2) is 0 Å². The highest BCUT2D eigenvalue weighted by Gasteiger charge is 2.23. The number of nitrogens with zero attached hydrogens (tertiary/aromatic N) is 3. The standard InChI is InChI=1S/C10H15ClN4O/c1-6-9(11)14-15-10(12-6)13-7-4-2-3-5-8(7)16/h7-8,16H,2-5H2,1H3,(H,12,13,15)/t7-,8-/m1/s1. The van der Waals surface area contributed by atoms with Gasteiger partial charge in [-0.1, -0.05) is 24.4 Å². The Bertz CT molecular complexity index is 374. The van der Waals surface area contributed by atoms with Crippen LogP contribution < -0.4 is 5.32 Å². The van der Waals surface area contributed by atoms with Crippen LogP contribution in [0, 0.1) is 6.92 Å². The second-order valence-electron chi connectivity index (χ2n) is 4.11. The number of hydrogen-bond donors (Lipinski definition) is 2. The summed E-state index contributed by atoms with van der Waals surface area (Å²) in [6.07, 6.45) is 3.64. The second kappa shape index (κ2) is 4.93. The molecule has 5 nitrogen and oxygen atoms in total. The fraction of sp³-hybridized carbons (Fsp3) is 0.700. The summed E-state index contributed by atoms with van der Waals surface area (Å²) in [4.78, 5) is 4.17. The number of halogens is 1. The van der Waals surface area contributed by atoms with Crippen LogP contribution in [-0.2, 0) is 0 Å². The Morgan fingerprint density at radius 2 is 2.06 bits per heavy atom. The molecule has 0 unspecified atom stereocenters. The van der Waals surface area contributed by atoms with Crippen LogP contribution in [0.4, 0.5) is 5.95 Å². The van der Waals surface area contributed by atoms with Crippen molar-refractivity contribution < 1.29 is 5.11 Å². The minimum atomic E-state index is -0.326. The average molecular weight is 243 g/mol. The topological polar surface area (TPSA) is 70.9 Å². The molecule has 0 radical (unpaired) electrons. The van der Waals surface area contributed by atoms with Crippen molar-refractivity contribution in [1.29, 1.82) is 0 Å². The van der Waals surface area contributed by atoms with Crippen molar-refractivity contribution in [1.82, 2.24) is 15.2 Å². The zero-order valence-electron chi connectivity index (χ0n) is 9.15. The second-order valence-corrected chi connectivity index (χ2v) is 4.47. The van der Waals surface area contributed by atoms with Gasteiger partial charge < -0.3 is 10.4 Å². The van der Waals surface area contributed by atoms with Crippen molar-refractivity contribution in [3.05, 3.63) is 10.8 Å². The van der Waals surface area contributed by atoms with Crippen LogP contribution in [0.25, 0.3) is 0 Å². The molecule has 0 aliphatic heterocycles. The zero-order chi connectivity index (χ0) is 11.5. The molecule has 88 valence electrons. The maximum absolute atomic E-state index is 9.79. The SMILES string of the molecule is Cc1nc(N[C@@H]2CCCC[C@H]2O)nnc1Cl. The Morgan fingerprint density at radius 3 is 2.75 bits per heavy atom. The van der Waals surface area contributed by atoms with Crippen LogP contribution in [0.1, 0.15) is 31.4 Å². The van der Waals surface area contributed by atoms with E-state index in [1.807, 2.05) is 0 Å². The van der Waals surface area contributed by atoms with E-state index in [4.69, 9.17) is 11.6 Å². The lowest BCUT2D eigenvalue weighted by atomic mass is 9.93. The van der Waals surface area contributed by atoms with Crippen molar-refractivity contribution in [3.63, 3.8) is 0 Å². The van der Waals surface area contributed by atoms with Crippen LogP contribution in [0.2, 0.25) is 5.15 Å². The van der Waals surface area contributed by atoms with E-state index in [9.17, 15) is 5.11 Å². The Kier molecular flexibility index (Phi) is 3.56. The van der Waals surface area contributed by atoms with Crippen molar-refractivity contribution in [2.24, 2.45) is 0 Å². The van der Waals surface area contributed by atoms with Gasteiger partial charge in [0.15, 0.2) is 5.15 Å². The third-order valence-corrected chi connectivity index (χ3v) is 3.20. The van der Waals surface area contributed by atoms with E-state index in [1.165, 1.54) is 0 Å². The number of rotatable bonds is 2. The molecule has 1 fully saturated rings. The van der Waals surface area contributed by atoms with E-state index < -0.39 is 0 Å². The van der Waals surface area contributed by atoms with Gasteiger partial charge in [-0.25, -0.2) is 4.98 Å². The van der Waals surface area contributed by atoms with Gasteiger partial charge in [-0.05, 0) is 19.8 Å². The Labute approximate surface area is 99.3 Å². The van der Waals surface area contributed by atoms with Gasteiger partial charge >= 0.3 is 0 Å². The predicted octanol–water partition coefficient (Wildman–Crippen LogP) is 1.55. The normalized spacial score (nSPS) is 25.4. The minimum absolute atomic E-state index is 0.0242. The molecule has 1 saturated carbocycles. The maximum Gasteiger partial charge on any atom is 0.243 e. The molecule has 0 aromatic carbocycles. The molecule has 0 spiro atoms. The van der Waals surface area contributed by atoms with Crippen molar-refractivity contribution >= 4 is 17.5 Å². The Balaban J connectivity index is 2.05. The number of nitrogens with one attached hydrogen (secondary N) is 1. The van der Waals surface area contributed by atoms with Gasteiger partial charge in [-0.15, -0.1) is 10.2 Å². The van der Waals surface area contributed by atoms with Gasteiger partial charge in [0.25, 0.3) is 0 Å². The number of aliphatic hydroxyl groups excluding tert-OH is 1. The number of aromatic nitrogens is 3. The molecule has 2 rings (SSSR count). The molecule has 1 aromatic rings. The summed E-state index contributed by atoms with van der Waals surface area (Å²) in [5.41, 5.74) is 0.643. The van der Waals surface area contributed by atoms with Crippen molar-refractivity contribution in [2.75, 3.05) is 5.32 Å². The maximum atomic E-state index is 9.79. The smallest absolute Gasteiger partial charge is 0.243 e. The largest absolute Gasteiger partial charge is 0.391 e. The van der Waals surface area contributed by atoms with Crippen molar-refractivity contribution in [3.8, 4) is 0 Å². The summed E-state index contributed by atoms with van der Waals surface area (Å²) in [6, 6.07) is 0.0242. The number of anilines is 1. The molecular formula is C10H15ClN4O. The van der Waals surface area contributed by atoms with Crippen LogP contribution in [0.5, 0.6) is 0 Å². The summed E-state index contributed by atoms with van der Waals surface area (Å²) in [5.74, 6) is 0.438. The van der Waals surface area contributed by atoms with E-state index in [1.54, 1.807) is 6.92 Å². The summed E-state index contributed by atoms with van der Waals surface area (Å²) in [7, 11) is 0. The minimum Gasteiger partial charge on any atom is -0.391 e. The zero-order valence-corrected chi connectivity index (χ0v) is 9.91. The summed E-state index contributed by atoms with van der Waals surface area (Å²) in [6.45, 7) is 1.78. The lowest BCUT2D eigenvalue weighted by Gasteiger charge is -2.28. The van der Waals surface area contributed by atoms with E-state index in [2.05, 4.69) is 20.5 Å². The molecule has 1 aliphatic carbocycles. The van der Waals surface area contributed by atoms with Gasteiger partial charge in [-0.3, -0.25) is 0 Å². The third kappa shape index (κ3) is 2.59. The number of hydrogen-bond acceptors (Lipinski definition) is 5. The highest BCUT2D eigenvalue weighted by atomic mass is 35.5. The van der Waals surface area contributed by atoms with E-state index >= 15 is 0 Å². The molecule has 16 heavy (non-hydrogen) atoms. The van der Waals surface area contributed by atoms with Crippen molar-refractivity contribution in [2.45, 2.75) is 44.8 Å². The van der Waals surface area contributed by atoms with Crippen LogP contribution >= 0.6 is 11.6 Å². The molecule has 1 aromatic heterocycles. The molecule has 2 atom stereocenters. The summed E-state index contributed by atoms with van der Waals surface area (Å²) >= 11 is 5.74. The third-order valence-electron chi connectivity index (χ3n) is 2.85. The van der Waals surface area contributed by atoms with E-state index in [0.717, 1.165) is 25.7 Å². The monoisotopic (exact) mass is 242 g/mol. The molecule has 1 heterocycles. The first-order chi connectivity index (χ1) is 7.66. The van der Waals surface area contributed by atoms with Crippen LogP contribution in [-0.4, -0.2) is 32.4 Å². The molecule has 6 heteroatoms. The fourth-order valence-electron chi connectivity index (χ4n) is 1.90. The highest BCUT2D eigenvalue weighted by Crippen LogP contribution is 2.21. The van der Waals surface area contributed by atoms with Gasteiger partial charge in [-0.2, -0.15) is 0 Å². The van der Waals surface area contributed by atoms with Gasteiger partial charge in [0.2, 0.25) is 5.95 Å². The molecule has 1 aliphatic rings. The van der Waals surface area contributed by atoms with E-state index in [0.29, 0.717) is 16.8 Å². The van der Waals surface area contributed by atoms with Gasteiger partial charge in [0.1, 0.15) is 0 Å². The lowest BCUT2D eigenvalue weighted by Crippen LogP contribution is -2.37. The quantitative estimate of drug-likeness (QED) is 0.823. The summed E-state index contributed by atoms with van der Waals surface area (Å²) in [5, 5.41) is 20.8. The first kappa shape index (κ1) is 11.5. The van der Waals surface area contributed by atoms with Gasteiger partial charge in [0, 0.05) is 0 Å². The fourth-order valence-corrected chi connectivity index (χ4v) is 1.98. The highest BCUT2D eigenvalue weighted by molar-refractivity contribution is 6.29. The molecular weight excluding hydrogens is 228 g/mol. The number of aryl methyl sites for hydroxylation is 1. The molecule has 0 bridgehead atoms. The van der Waals surface area contributed by atoms with Gasteiger partial charge in [0.05, 0.1) is 17.8 Å². The average Bonchev–Trinajstić information content (AvgIpc) is 2.27. The molecule has 0 amide bonds. The molecule has 2 N–H and O–H groups in total. The summed E-state index contributed by atoms with van der Waals surface area (Å²) < 4.78 is 0. The van der Waals surface area contributed by atoms with E-state index in [-0.39, 0.29) is 12.1 Å². The Hall–Kier alpha value is -0.940. The predicted molar refractivity (Wildman–Crippen MR) is 61.5 cm³/mol. The first-order valence-corrected chi connectivity index (χ1v) is 5.86. The Morgan fingerprint density at radius 1 is 1.31 bits per heavy atom. The first-order valence-electron chi connectivity index (χ1n) is 5.48.